The molecule has 0 aromatic carbocycles. The summed E-state index contributed by atoms with van der Waals surface area (Å²) in [5.41, 5.74) is 0.188. The molecule has 0 amide bonds. The predicted molar refractivity (Wildman–Crippen MR) is 92.3 cm³/mol. The van der Waals surface area contributed by atoms with Gasteiger partial charge in [0.2, 0.25) is 5.72 Å². The normalized spacial score (nSPS) is 36.7. The molecule has 0 spiro atoms. The lowest BCUT2D eigenvalue weighted by molar-refractivity contribution is -0.248. The van der Waals surface area contributed by atoms with E-state index in [1.807, 2.05) is 6.92 Å². The van der Waals surface area contributed by atoms with Crippen molar-refractivity contribution in [1.29, 1.82) is 0 Å². The molecule has 9 heteroatoms. The van der Waals surface area contributed by atoms with Gasteiger partial charge in [-0.1, -0.05) is 13.3 Å². The van der Waals surface area contributed by atoms with Crippen LogP contribution in [0.2, 0.25) is 0 Å². The second-order valence-corrected chi connectivity index (χ2v) is 8.61. The monoisotopic (exact) mass is 383 g/mol. The zero-order valence-electron chi connectivity index (χ0n) is 14.3. The molecule has 3 aliphatic heterocycles. The van der Waals surface area contributed by atoms with Gasteiger partial charge >= 0.3 is 11.9 Å². The van der Waals surface area contributed by atoms with Gasteiger partial charge < -0.3 is 9.47 Å². The molecular weight excluding hydrogens is 362 g/mol. The minimum atomic E-state index is -0.896. The number of piperidine rings is 1. The van der Waals surface area contributed by atoms with Crippen molar-refractivity contribution < 1.29 is 19.1 Å². The molecule has 25 heavy (non-hydrogen) atoms. The average Bonchev–Trinajstić information content (AvgIpc) is 3.17. The number of carbonyl (C=O) groups is 2. The van der Waals surface area contributed by atoms with Crippen molar-refractivity contribution in [3.05, 3.63) is 5.69 Å². The molecule has 2 bridgehead atoms. The number of fused-ring (bicyclic) bond motifs is 4. The molecule has 136 valence electrons. The second-order valence-electron chi connectivity index (χ2n) is 7.00. The molecule has 0 radical (unpaired) electrons. The highest BCUT2D eigenvalue weighted by molar-refractivity contribution is 7.99. The fraction of sp³-hybridized carbons (Fsp3) is 0.750. The number of hydrogen-bond donors (Lipinski definition) is 0. The lowest BCUT2D eigenvalue weighted by Crippen LogP contribution is -2.64. The van der Waals surface area contributed by atoms with Gasteiger partial charge in [-0.05, 0) is 31.4 Å². The Morgan fingerprint density at radius 2 is 2.16 bits per heavy atom. The predicted octanol–water partition coefficient (Wildman–Crippen LogP) is 2.03. The fourth-order valence-corrected chi connectivity index (χ4v) is 5.86. The molecule has 0 aliphatic carbocycles. The van der Waals surface area contributed by atoms with Crippen molar-refractivity contribution in [1.82, 2.24) is 13.6 Å². The number of ether oxygens (including phenoxy) is 2. The summed E-state index contributed by atoms with van der Waals surface area (Å²) in [6.07, 6.45) is 2.60. The highest BCUT2D eigenvalue weighted by Crippen LogP contribution is 2.48. The van der Waals surface area contributed by atoms with Crippen LogP contribution in [0.3, 0.4) is 0 Å². The topological polar surface area (TPSA) is 81.6 Å². The molecule has 5 unspecified atom stereocenters. The zero-order chi connectivity index (χ0) is 17.6. The van der Waals surface area contributed by atoms with Crippen LogP contribution in [0.15, 0.2) is 5.03 Å². The molecule has 4 rings (SSSR count). The molecule has 0 N–H and O–H groups in total. The number of hydrogen-bond acceptors (Lipinski definition) is 9. The van der Waals surface area contributed by atoms with Crippen molar-refractivity contribution in [2.24, 2.45) is 5.92 Å². The van der Waals surface area contributed by atoms with E-state index in [1.54, 1.807) is 11.8 Å². The zero-order valence-corrected chi connectivity index (χ0v) is 15.9. The minimum Gasteiger partial charge on any atom is -0.448 e. The number of unbranched alkanes of at least 4 members (excludes halogenated alkanes) is 1. The van der Waals surface area contributed by atoms with E-state index in [0.29, 0.717) is 12.3 Å². The van der Waals surface area contributed by atoms with E-state index in [-0.39, 0.29) is 5.92 Å². The molecule has 3 fully saturated rings. The standard InChI is InChI=1S/C16H21N3O4S2/c1-3-4-5-24-13-12(17-25-18-13)10-8-19-7-9(10)6-11-16(19,2)23-15(21)14(20)22-11/h9-11H,3-8H2,1-2H3. The van der Waals surface area contributed by atoms with Gasteiger partial charge in [-0.15, -0.1) is 11.8 Å². The van der Waals surface area contributed by atoms with Gasteiger partial charge in [0, 0.05) is 19.0 Å². The number of aromatic nitrogens is 2. The maximum absolute atomic E-state index is 11.7. The van der Waals surface area contributed by atoms with Crippen LogP contribution in [0.4, 0.5) is 0 Å². The largest absolute Gasteiger partial charge is 0.448 e. The van der Waals surface area contributed by atoms with E-state index in [4.69, 9.17) is 9.47 Å². The lowest BCUT2D eigenvalue weighted by atomic mass is 9.85. The lowest BCUT2D eigenvalue weighted by Gasteiger charge is -2.47. The van der Waals surface area contributed by atoms with Crippen LogP contribution in [0, 0.1) is 5.92 Å². The number of carbonyl (C=O) groups excluding carboxylic acids is 2. The van der Waals surface area contributed by atoms with Crippen LogP contribution < -0.4 is 0 Å². The summed E-state index contributed by atoms with van der Waals surface area (Å²) >= 11 is 3.03. The van der Waals surface area contributed by atoms with Gasteiger partial charge in [-0.2, -0.15) is 8.75 Å². The molecule has 5 atom stereocenters. The van der Waals surface area contributed by atoms with Crippen LogP contribution in [-0.2, 0) is 19.1 Å². The fourth-order valence-electron chi connectivity index (χ4n) is 4.00. The summed E-state index contributed by atoms with van der Waals surface area (Å²) in [6.45, 7) is 5.59. The van der Waals surface area contributed by atoms with Crippen LogP contribution in [0.5, 0.6) is 0 Å². The van der Waals surface area contributed by atoms with Crippen molar-refractivity contribution >= 4 is 35.4 Å². The Labute approximate surface area is 154 Å². The van der Waals surface area contributed by atoms with Crippen molar-refractivity contribution in [3.8, 4) is 0 Å². The number of thioether (sulfide) groups is 1. The third-order valence-corrected chi connectivity index (χ3v) is 7.19. The van der Waals surface area contributed by atoms with E-state index in [0.717, 1.165) is 42.4 Å². The summed E-state index contributed by atoms with van der Waals surface area (Å²) in [5, 5.41) is 1.03. The van der Waals surface area contributed by atoms with Gasteiger partial charge in [0.25, 0.3) is 0 Å². The molecule has 0 saturated carbocycles. The number of nitrogens with zero attached hydrogens (tertiary/aromatic N) is 3. The van der Waals surface area contributed by atoms with Crippen molar-refractivity contribution in [2.75, 3.05) is 18.8 Å². The first kappa shape index (κ1) is 17.2. The Morgan fingerprint density at radius 1 is 1.32 bits per heavy atom. The van der Waals surface area contributed by atoms with Crippen LogP contribution in [0.25, 0.3) is 0 Å². The third-order valence-electron chi connectivity index (χ3n) is 5.47. The summed E-state index contributed by atoms with van der Waals surface area (Å²) in [5.74, 6) is -0.162. The third kappa shape index (κ3) is 2.86. The van der Waals surface area contributed by atoms with E-state index in [1.165, 1.54) is 11.7 Å². The Hall–Kier alpha value is -1.19. The molecule has 1 aromatic heterocycles. The second kappa shape index (κ2) is 6.51. The average molecular weight is 383 g/mol. The summed E-state index contributed by atoms with van der Waals surface area (Å²) in [6, 6.07) is 0. The summed E-state index contributed by atoms with van der Waals surface area (Å²) in [4.78, 5) is 25.4. The maximum Gasteiger partial charge on any atom is 0.419 e. The van der Waals surface area contributed by atoms with Gasteiger partial charge in [-0.25, -0.2) is 9.59 Å². The molecule has 4 heterocycles. The van der Waals surface area contributed by atoms with E-state index in [9.17, 15) is 9.59 Å². The van der Waals surface area contributed by atoms with Crippen molar-refractivity contribution in [3.63, 3.8) is 0 Å². The summed E-state index contributed by atoms with van der Waals surface area (Å²) < 4.78 is 19.9. The molecule has 3 saturated heterocycles. The highest BCUT2D eigenvalue weighted by Gasteiger charge is 2.60. The minimum absolute atomic E-state index is 0.239. The van der Waals surface area contributed by atoms with Gasteiger partial charge in [-0.3, -0.25) is 4.90 Å². The van der Waals surface area contributed by atoms with Crippen LogP contribution >= 0.6 is 23.5 Å². The number of rotatable bonds is 5. The molecule has 7 nitrogen and oxygen atoms in total. The van der Waals surface area contributed by atoms with E-state index < -0.39 is 23.8 Å². The maximum atomic E-state index is 11.7. The van der Waals surface area contributed by atoms with Gasteiger partial charge in [0.1, 0.15) is 5.03 Å². The molecule has 1 aromatic rings. The first-order valence-electron chi connectivity index (χ1n) is 8.67. The molecule has 3 aliphatic rings. The van der Waals surface area contributed by atoms with Crippen LogP contribution in [-0.4, -0.2) is 56.3 Å². The van der Waals surface area contributed by atoms with Gasteiger partial charge in [0.15, 0.2) is 6.10 Å². The number of esters is 2. The first-order chi connectivity index (χ1) is 12.0. The first-order valence-corrected chi connectivity index (χ1v) is 10.4. The Morgan fingerprint density at radius 3 is 2.96 bits per heavy atom. The van der Waals surface area contributed by atoms with E-state index >= 15 is 0 Å². The van der Waals surface area contributed by atoms with Crippen molar-refractivity contribution in [2.45, 2.75) is 55.9 Å². The molecular formula is C16H21N3O4S2. The Balaban J connectivity index is 1.55. The van der Waals surface area contributed by atoms with Crippen LogP contribution in [0.1, 0.15) is 44.7 Å². The summed E-state index contributed by atoms with van der Waals surface area (Å²) in [7, 11) is 0. The quantitative estimate of drug-likeness (QED) is 0.331. The van der Waals surface area contributed by atoms with Gasteiger partial charge in [0.05, 0.1) is 17.4 Å². The highest BCUT2D eigenvalue weighted by atomic mass is 32.2. The SMILES string of the molecule is CCCCSc1nsnc1C1CN2CC1CC1OC(=O)C(=O)OC12C. The Kier molecular flexibility index (Phi) is 4.49. The van der Waals surface area contributed by atoms with E-state index in [2.05, 4.69) is 20.6 Å². The smallest absolute Gasteiger partial charge is 0.419 e. The Bertz CT molecular complexity index is 697.